The highest BCUT2D eigenvalue weighted by atomic mass is 32.2. The van der Waals surface area contributed by atoms with E-state index < -0.39 is 15.8 Å². The van der Waals surface area contributed by atoms with Crippen molar-refractivity contribution in [2.75, 3.05) is 12.3 Å². The summed E-state index contributed by atoms with van der Waals surface area (Å²) >= 11 is 0. The number of nitrogen functional groups attached to an aromatic ring is 1. The van der Waals surface area contributed by atoms with E-state index in [2.05, 4.69) is 4.72 Å². The summed E-state index contributed by atoms with van der Waals surface area (Å²) in [6.45, 7) is 0.239. The third-order valence-electron chi connectivity index (χ3n) is 2.75. The molecule has 20 heavy (non-hydrogen) atoms. The van der Waals surface area contributed by atoms with Crippen LogP contribution in [-0.4, -0.2) is 15.0 Å². The Morgan fingerprint density at radius 2 is 1.80 bits per heavy atom. The molecule has 0 spiro atoms. The maximum atomic E-state index is 13.2. The van der Waals surface area contributed by atoms with Gasteiger partial charge in [-0.3, -0.25) is 0 Å². The van der Waals surface area contributed by atoms with Crippen LogP contribution in [0.25, 0.3) is 0 Å². The molecule has 0 unspecified atom stereocenters. The number of hydrogen-bond acceptors (Lipinski definition) is 3. The summed E-state index contributed by atoms with van der Waals surface area (Å²) in [4.78, 5) is -0.164. The quantitative estimate of drug-likeness (QED) is 0.828. The second-order valence-electron chi connectivity index (χ2n) is 4.35. The monoisotopic (exact) mass is 294 g/mol. The minimum absolute atomic E-state index is 0.0773. The Hall–Kier alpha value is -1.92. The number of nitrogens with two attached hydrogens (primary N) is 1. The van der Waals surface area contributed by atoms with Crippen LogP contribution in [0.1, 0.15) is 5.56 Å². The van der Waals surface area contributed by atoms with E-state index in [9.17, 15) is 12.8 Å². The molecule has 4 nitrogen and oxygen atoms in total. The summed E-state index contributed by atoms with van der Waals surface area (Å²) in [7, 11) is -3.75. The van der Waals surface area contributed by atoms with Crippen molar-refractivity contribution in [1.82, 2.24) is 4.72 Å². The van der Waals surface area contributed by atoms with E-state index in [1.165, 1.54) is 6.07 Å². The molecule has 0 heterocycles. The molecular formula is C14H15FN2O2S. The number of sulfonamides is 1. The Balaban J connectivity index is 2.04. The van der Waals surface area contributed by atoms with Crippen molar-refractivity contribution in [2.24, 2.45) is 0 Å². The van der Waals surface area contributed by atoms with Crippen molar-refractivity contribution in [3.05, 3.63) is 59.9 Å². The van der Waals surface area contributed by atoms with E-state index in [0.29, 0.717) is 6.42 Å². The molecule has 0 bridgehead atoms. The molecule has 0 amide bonds. The molecule has 0 fully saturated rings. The average molecular weight is 294 g/mol. The fourth-order valence-corrected chi connectivity index (χ4v) is 2.89. The number of halogens is 1. The summed E-state index contributed by atoms with van der Waals surface area (Å²) in [5.74, 6) is -0.673. The summed E-state index contributed by atoms with van der Waals surface area (Å²) in [6, 6.07) is 12.7. The Morgan fingerprint density at radius 3 is 2.45 bits per heavy atom. The Bertz CT molecular complexity index is 667. The predicted octanol–water partition coefficient (Wildman–Crippen LogP) is 1.93. The molecule has 3 N–H and O–H groups in total. The fraction of sp³-hybridized carbons (Fsp3) is 0.143. The third kappa shape index (κ3) is 3.79. The van der Waals surface area contributed by atoms with E-state index in [4.69, 9.17) is 5.73 Å². The topological polar surface area (TPSA) is 72.2 Å². The minimum Gasteiger partial charge on any atom is -0.399 e. The van der Waals surface area contributed by atoms with E-state index in [0.717, 1.165) is 17.7 Å². The van der Waals surface area contributed by atoms with Gasteiger partial charge in [0.2, 0.25) is 10.0 Å². The molecule has 0 saturated carbocycles. The summed E-state index contributed by atoms with van der Waals surface area (Å²) in [5, 5.41) is 0. The Morgan fingerprint density at radius 1 is 1.10 bits per heavy atom. The van der Waals surface area contributed by atoms with Crippen LogP contribution in [0.3, 0.4) is 0 Å². The largest absolute Gasteiger partial charge is 0.399 e. The molecule has 0 aliphatic carbocycles. The van der Waals surface area contributed by atoms with E-state index in [1.807, 2.05) is 30.3 Å². The van der Waals surface area contributed by atoms with Crippen LogP contribution in [0.4, 0.5) is 10.1 Å². The van der Waals surface area contributed by atoms with Gasteiger partial charge in [-0.1, -0.05) is 30.3 Å². The summed E-state index contributed by atoms with van der Waals surface area (Å²) in [5.41, 5.74) is 6.54. The first-order valence-electron chi connectivity index (χ1n) is 6.07. The highest BCUT2D eigenvalue weighted by Gasteiger charge is 2.15. The zero-order chi connectivity index (χ0) is 14.6. The van der Waals surface area contributed by atoms with Gasteiger partial charge in [0, 0.05) is 12.2 Å². The normalized spacial score (nSPS) is 11.4. The smallest absolute Gasteiger partial charge is 0.240 e. The maximum Gasteiger partial charge on any atom is 0.240 e. The van der Waals surface area contributed by atoms with Gasteiger partial charge in [0.05, 0.1) is 4.90 Å². The Labute approximate surface area is 117 Å². The van der Waals surface area contributed by atoms with Crippen LogP contribution in [0.2, 0.25) is 0 Å². The summed E-state index contributed by atoms with van der Waals surface area (Å²) < 4.78 is 39.6. The highest BCUT2D eigenvalue weighted by Crippen LogP contribution is 2.15. The van der Waals surface area contributed by atoms with Gasteiger partial charge in [0.1, 0.15) is 5.82 Å². The molecule has 0 atom stereocenters. The molecule has 0 aliphatic rings. The first-order chi connectivity index (χ1) is 9.47. The van der Waals surface area contributed by atoms with E-state index >= 15 is 0 Å². The molecule has 0 aliphatic heterocycles. The standard InChI is InChI=1S/C14H15FN2O2S/c15-12-8-13(16)10-14(9-12)20(18,19)17-7-6-11-4-2-1-3-5-11/h1-5,8-10,17H,6-7,16H2. The first kappa shape index (κ1) is 14.5. The lowest BCUT2D eigenvalue weighted by Gasteiger charge is -2.08. The lowest BCUT2D eigenvalue weighted by atomic mass is 10.2. The zero-order valence-corrected chi connectivity index (χ0v) is 11.5. The third-order valence-corrected chi connectivity index (χ3v) is 4.19. The molecule has 2 aromatic rings. The molecule has 0 aromatic heterocycles. The van der Waals surface area contributed by atoms with E-state index in [1.54, 1.807) is 0 Å². The van der Waals surface area contributed by atoms with Crippen molar-refractivity contribution in [1.29, 1.82) is 0 Å². The van der Waals surface area contributed by atoms with Gasteiger partial charge in [0.25, 0.3) is 0 Å². The van der Waals surface area contributed by atoms with Gasteiger partial charge in [-0.2, -0.15) is 0 Å². The highest BCUT2D eigenvalue weighted by molar-refractivity contribution is 7.89. The first-order valence-corrected chi connectivity index (χ1v) is 7.55. The van der Waals surface area contributed by atoms with Gasteiger partial charge < -0.3 is 5.73 Å². The fourth-order valence-electron chi connectivity index (χ4n) is 1.80. The summed E-state index contributed by atoms with van der Waals surface area (Å²) in [6.07, 6.45) is 0.560. The van der Waals surface area contributed by atoms with Crippen LogP contribution in [-0.2, 0) is 16.4 Å². The second kappa shape index (κ2) is 6.02. The second-order valence-corrected chi connectivity index (χ2v) is 6.12. The SMILES string of the molecule is Nc1cc(F)cc(S(=O)(=O)NCCc2ccccc2)c1. The molecule has 6 heteroatoms. The number of nitrogens with one attached hydrogen (secondary N) is 1. The van der Waals surface area contributed by atoms with Crippen molar-refractivity contribution in [2.45, 2.75) is 11.3 Å². The molecule has 2 aromatic carbocycles. The van der Waals surface area contributed by atoms with Gasteiger partial charge in [-0.25, -0.2) is 17.5 Å². The molecule has 0 radical (unpaired) electrons. The average Bonchev–Trinajstić information content (AvgIpc) is 2.38. The predicted molar refractivity (Wildman–Crippen MR) is 76.1 cm³/mol. The minimum atomic E-state index is -3.75. The number of anilines is 1. The molecule has 2 rings (SSSR count). The van der Waals surface area contributed by atoms with Crippen molar-refractivity contribution in [3.8, 4) is 0 Å². The van der Waals surface area contributed by atoms with Crippen LogP contribution in [0, 0.1) is 5.82 Å². The lowest BCUT2D eigenvalue weighted by Crippen LogP contribution is -2.26. The number of hydrogen-bond donors (Lipinski definition) is 2. The van der Waals surface area contributed by atoms with Gasteiger partial charge in [-0.15, -0.1) is 0 Å². The van der Waals surface area contributed by atoms with Crippen molar-refractivity contribution in [3.63, 3.8) is 0 Å². The molecule has 0 saturated heterocycles. The van der Waals surface area contributed by atoms with E-state index in [-0.39, 0.29) is 17.1 Å². The van der Waals surface area contributed by atoms with Crippen LogP contribution >= 0.6 is 0 Å². The number of rotatable bonds is 5. The van der Waals surface area contributed by atoms with Gasteiger partial charge in [-0.05, 0) is 30.2 Å². The van der Waals surface area contributed by atoms with Gasteiger partial charge >= 0.3 is 0 Å². The van der Waals surface area contributed by atoms with Crippen LogP contribution < -0.4 is 10.5 Å². The van der Waals surface area contributed by atoms with Crippen molar-refractivity contribution < 1.29 is 12.8 Å². The Kier molecular flexibility index (Phi) is 4.36. The van der Waals surface area contributed by atoms with Gasteiger partial charge in [0.15, 0.2) is 0 Å². The zero-order valence-electron chi connectivity index (χ0n) is 10.7. The maximum absolute atomic E-state index is 13.2. The number of benzene rings is 2. The van der Waals surface area contributed by atoms with Crippen molar-refractivity contribution >= 4 is 15.7 Å². The van der Waals surface area contributed by atoms with Crippen LogP contribution in [0.5, 0.6) is 0 Å². The molecule has 106 valence electrons. The molecular weight excluding hydrogens is 279 g/mol. The van der Waals surface area contributed by atoms with Crippen LogP contribution in [0.15, 0.2) is 53.4 Å². The lowest BCUT2D eigenvalue weighted by molar-refractivity contribution is 0.578.